The second-order valence-corrected chi connectivity index (χ2v) is 14.6. The number of rotatable bonds is 6. The number of aromatic nitrogens is 2. The third kappa shape index (κ3) is 5.28. The normalized spacial score (nSPS) is 11.6. The molecule has 11 rings (SSSR count). The van der Waals surface area contributed by atoms with Crippen molar-refractivity contribution in [2.24, 2.45) is 0 Å². The molecule has 3 nitrogen and oxygen atoms in total. The van der Waals surface area contributed by atoms with Crippen molar-refractivity contribution >= 4 is 38.2 Å². The van der Waals surface area contributed by atoms with Crippen molar-refractivity contribution in [3.8, 4) is 66.8 Å². The zero-order valence-electron chi connectivity index (χ0n) is 30.9. The number of benzene rings is 9. The van der Waals surface area contributed by atoms with Gasteiger partial charge in [0.05, 0.1) is 11.0 Å². The number of imidazole rings is 1. The van der Waals surface area contributed by atoms with E-state index in [2.05, 4.69) is 182 Å². The van der Waals surface area contributed by atoms with Crippen LogP contribution in [0.15, 0.2) is 211 Å². The summed E-state index contributed by atoms with van der Waals surface area (Å²) in [6.45, 7) is 0. The lowest BCUT2D eigenvalue weighted by molar-refractivity contribution is 1.19. The molecule has 0 N–H and O–H groups in total. The van der Waals surface area contributed by atoms with E-state index in [1.54, 1.807) is 0 Å². The van der Waals surface area contributed by atoms with Gasteiger partial charge in [0.25, 0.3) is 5.56 Å². The smallest absolute Gasteiger partial charge is 0.264 e. The zero-order valence-corrected chi connectivity index (χ0v) is 30.9. The number of nitrogens with zero attached hydrogens (tertiary/aromatic N) is 2. The van der Waals surface area contributed by atoms with Crippen LogP contribution in [0.4, 0.5) is 0 Å². The van der Waals surface area contributed by atoms with Crippen LogP contribution < -0.4 is 5.56 Å². The van der Waals surface area contributed by atoms with Gasteiger partial charge in [-0.05, 0) is 84.8 Å². The Kier molecular flexibility index (Phi) is 7.65. The van der Waals surface area contributed by atoms with Gasteiger partial charge >= 0.3 is 0 Å². The van der Waals surface area contributed by atoms with Gasteiger partial charge in [-0.3, -0.25) is 9.20 Å². The predicted octanol–water partition coefficient (Wildman–Crippen LogP) is 13.6. The molecule has 57 heavy (non-hydrogen) atoms. The van der Waals surface area contributed by atoms with Crippen LogP contribution in [0, 0.1) is 0 Å². The zero-order chi connectivity index (χ0) is 37.9. The molecule has 0 atom stereocenters. The highest BCUT2D eigenvalue weighted by atomic mass is 16.1. The highest BCUT2D eigenvalue weighted by Gasteiger charge is 2.23. The summed E-state index contributed by atoms with van der Waals surface area (Å²) >= 11 is 0. The molecule has 3 heteroatoms. The van der Waals surface area contributed by atoms with E-state index >= 15 is 4.79 Å². The minimum atomic E-state index is -0.0742. The summed E-state index contributed by atoms with van der Waals surface area (Å²) in [6, 6.07) is 72.0. The van der Waals surface area contributed by atoms with Gasteiger partial charge in [-0.15, -0.1) is 0 Å². The standard InChI is InChI=1S/C54H34N2O/c57-54-48-32-31-45(43-27-14-12-24-40(43)36-19-6-2-7-20-36)46-29-16-30-47(51(46)48)53-55-52-49(44-28-15-13-25-41(44)37-21-8-3-9-22-37)33-38(34-50(52)56(53)54)42-26-11-10-23-39(42)35-17-4-1-5-18-35/h1-34H. The predicted molar refractivity (Wildman–Crippen MR) is 238 cm³/mol. The maximum atomic E-state index is 15.1. The molecule has 0 aliphatic heterocycles. The van der Waals surface area contributed by atoms with Crippen molar-refractivity contribution in [2.75, 3.05) is 0 Å². The van der Waals surface area contributed by atoms with E-state index < -0.39 is 0 Å². The molecule has 0 aliphatic carbocycles. The summed E-state index contributed by atoms with van der Waals surface area (Å²) in [5.74, 6) is 0. The average molecular weight is 727 g/mol. The summed E-state index contributed by atoms with van der Waals surface area (Å²) in [5.41, 5.74) is 15.3. The van der Waals surface area contributed by atoms with Crippen molar-refractivity contribution in [1.29, 1.82) is 0 Å². The topological polar surface area (TPSA) is 34.4 Å². The van der Waals surface area contributed by atoms with E-state index in [1.807, 2.05) is 28.7 Å². The number of fused-ring (bicyclic) bond motifs is 4. The van der Waals surface area contributed by atoms with Crippen LogP contribution in [0.3, 0.4) is 0 Å². The summed E-state index contributed by atoms with van der Waals surface area (Å²) < 4.78 is 1.85. The van der Waals surface area contributed by atoms with Gasteiger partial charge in [0.15, 0.2) is 0 Å². The maximum Gasteiger partial charge on any atom is 0.264 e. The Labute approximate surface area is 329 Å². The maximum absolute atomic E-state index is 15.1. The summed E-state index contributed by atoms with van der Waals surface area (Å²) in [6.07, 6.45) is 0. The molecule has 2 aromatic heterocycles. The third-order valence-electron chi connectivity index (χ3n) is 11.4. The fourth-order valence-corrected chi connectivity index (χ4v) is 8.83. The molecule has 0 spiro atoms. The van der Waals surface area contributed by atoms with Crippen molar-refractivity contribution in [2.45, 2.75) is 0 Å². The molecule has 0 fully saturated rings. The Hall–Kier alpha value is -7.62. The molecule has 0 amide bonds. The summed E-state index contributed by atoms with van der Waals surface area (Å²) in [4.78, 5) is 20.6. The van der Waals surface area contributed by atoms with Crippen LogP contribution in [0.5, 0.6) is 0 Å². The Balaban J connectivity index is 1.24. The highest BCUT2D eigenvalue weighted by molar-refractivity contribution is 6.20. The molecule has 0 saturated heterocycles. The van der Waals surface area contributed by atoms with E-state index in [0.717, 1.165) is 94.0 Å². The third-order valence-corrected chi connectivity index (χ3v) is 11.4. The van der Waals surface area contributed by atoms with E-state index in [4.69, 9.17) is 4.98 Å². The quantitative estimate of drug-likeness (QED) is 0.171. The van der Waals surface area contributed by atoms with Gasteiger partial charge in [-0.2, -0.15) is 0 Å². The molecule has 0 radical (unpaired) electrons. The molecule has 2 heterocycles. The van der Waals surface area contributed by atoms with Crippen molar-refractivity contribution in [1.82, 2.24) is 9.38 Å². The lowest BCUT2D eigenvalue weighted by atomic mass is 9.89. The van der Waals surface area contributed by atoms with Gasteiger partial charge in [-0.1, -0.05) is 188 Å². The number of pyridine rings is 1. The molecule has 9 aromatic carbocycles. The Bertz CT molecular complexity index is 3350. The monoisotopic (exact) mass is 726 g/mol. The van der Waals surface area contributed by atoms with E-state index in [9.17, 15) is 0 Å². The minimum absolute atomic E-state index is 0.0742. The van der Waals surface area contributed by atoms with Gasteiger partial charge in [0, 0.05) is 21.7 Å². The first-order valence-electron chi connectivity index (χ1n) is 19.3. The molecule has 0 bridgehead atoms. The SMILES string of the molecule is O=c1c2ccc(-c3ccccc3-c3ccccc3)c3cccc(c32)c2nc3c(-c4ccccc4-c4ccccc4)cc(-c4ccccc4-c4ccccc4)cc3n12. The van der Waals surface area contributed by atoms with Crippen LogP contribution in [-0.4, -0.2) is 9.38 Å². The Morgan fingerprint density at radius 3 is 1.35 bits per heavy atom. The van der Waals surface area contributed by atoms with Crippen molar-refractivity contribution in [3.05, 3.63) is 217 Å². The molecule has 266 valence electrons. The molecular weight excluding hydrogens is 693 g/mol. The first-order chi connectivity index (χ1) is 28.2. The van der Waals surface area contributed by atoms with Crippen LogP contribution in [0.2, 0.25) is 0 Å². The lowest BCUT2D eigenvalue weighted by Gasteiger charge is -2.15. The van der Waals surface area contributed by atoms with Gasteiger partial charge < -0.3 is 0 Å². The minimum Gasteiger partial charge on any atom is -0.268 e. The highest BCUT2D eigenvalue weighted by Crippen LogP contribution is 2.43. The van der Waals surface area contributed by atoms with Crippen LogP contribution in [0.25, 0.3) is 105 Å². The molecular formula is C54H34N2O. The average Bonchev–Trinajstić information content (AvgIpc) is 3.69. The van der Waals surface area contributed by atoms with E-state index in [1.165, 1.54) is 0 Å². The van der Waals surface area contributed by atoms with Crippen LogP contribution >= 0.6 is 0 Å². The number of hydrogen-bond donors (Lipinski definition) is 0. The number of hydrogen-bond acceptors (Lipinski definition) is 2. The van der Waals surface area contributed by atoms with E-state index in [0.29, 0.717) is 11.0 Å². The van der Waals surface area contributed by atoms with Gasteiger partial charge in [0.2, 0.25) is 0 Å². The lowest BCUT2D eigenvalue weighted by Crippen LogP contribution is -2.13. The molecule has 0 saturated carbocycles. The Morgan fingerprint density at radius 2 is 0.789 bits per heavy atom. The van der Waals surface area contributed by atoms with Gasteiger partial charge in [-0.25, -0.2) is 4.98 Å². The first kappa shape index (κ1) is 32.8. The van der Waals surface area contributed by atoms with Crippen LogP contribution in [0.1, 0.15) is 0 Å². The van der Waals surface area contributed by atoms with Crippen LogP contribution in [-0.2, 0) is 0 Å². The molecule has 11 aromatic rings. The Morgan fingerprint density at radius 1 is 0.333 bits per heavy atom. The molecule has 0 unspecified atom stereocenters. The van der Waals surface area contributed by atoms with Crippen molar-refractivity contribution in [3.63, 3.8) is 0 Å². The second kappa shape index (κ2) is 13.3. The molecule has 0 aliphatic rings. The first-order valence-corrected chi connectivity index (χ1v) is 19.3. The largest absolute Gasteiger partial charge is 0.268 e. The van der Waals surface area contributed by atoms with Gasteiger partial charge in [0.1, 0.15) is 5.65 Å². The summed E-state index contributed by atoms with van der Waals surface area (Å²) in [7, 11) is 0. The fraction of sp³-hybridized carbons (Fsp3) is 0. The fourth-order valence-electron chi connectivity index (χ4n) is 8.83. The second-order valence-electron chi connectivity index (χ2n) is 14.6. The summed E-state index contributed by atoms with van der Waals surface area (Å²) in [5, 5.41) is 3.60. The van der Waals surface area contributed by atoms with E-state index in [-0.39, 0.29) is 5.56 Å². The van der Waals surface area contributed by atoms with Crippen molar-refractivity contribution < 1.29 is 0 Å².